The highest BCUT2D eigenvalue weighted by molar-refractivity contribution is 7.31. The first-order chi connectivity index (χ1) is 4.88. The predicted octanol–water partition coefficient (Wildman–Crippen LogP) is 0.913. The van der Waals surface area contributed by atoms with E-state index >= 15 is 0 Å². The van der Waals surface area contributed by atoms with Crippen molar-refractivity contribution < 1.29 is 4.76 Å². The van der Waals surface area contributed by atoms with Crippen LogP contribution in [0.2, 0.25) is 0 Å². The predicted molar refractivity (Wildman–Crippen MR) is 39.5 cm³/mol. The summed E-state index contributed by atoms with van der Waals surface area (Å²) in [6, 6.07) is 0. The third kappa shape index (κ3) is 0.693. The maximum Gasteiger partial charge on any atom is 0.376 e. The fraction of sp³-hybridized carbons (Fsp3) is 0.200. The summed E-state index contributed by atoms with van der Waals surface area (Å²) in [6.45, 7) is 0.195. The summed E-state index contributed by atoms with van der Waals surface area (Å²) >= 11 is 0. The summed E-state index contributed by atoms with van der Waals surface area (Å²) in [6.07, 6.45) is 1.73. The zero-order chi connectivity index (χ0) is 6.97. The van der Waals surface area contributed by atoms with E-state index in [-0.39, 0.29) is 6.67 Å². The van der Waals surface area contributed by atoms with Gasteiger partial charge in [0.1, 0.15) is 5.30 Å². The first-order valence-corrected chi connectivity index (χ1v) is 3.93. The molecule has 2 heterocycles. The second-order valence-electron chi connectivity index (χ2n) is 1.97. The first-order valence-electron chi connectivity index (χ1n) is 2.86. The molecule has 0 bridgehead atoms. The largest absolute Gasteiger partial charge is 0.376 e. The quantitative estimate of drug-likeness (QED) is 0.521. The van der Waals surface area contributed by atoms with Gasteiger partial charge in [-0.05, 0) is 4.98 Å². The first kappa shape index (κ1) is 5.74. The average molecular weight is 154 g/mol. The van der Waals surface area contributed by atoms with Gasteiger partial charge in [-0.25, -0.2) is 4.99 Å². The summed E-state index contributed by atoms with van der Waals surface area (Å²) in [5.74, 6) is 2.31. The van der Waals surface area contributed by atoms with Gasteiger partial charge in [0.2, 0.25) is 6.67 Å². The molecule has 1 unspecified atom stereocenters. The molecule has 0 N–H and O–H groups in total. The van der Waals surface area contributed by atoms with Crippen LogP contribution < -0.4 is 0 Å². The molecular weight excluding hydrogens is 149 g/mol. The molecule has 10 heavy (non-hydrogen) atoms. The number of hydrogen-bond donors (Lipinski definition) is 0. The normalized spacial score (nSPS) is 16.2. The van der Waals surface area contributed by atoms with Gasteiger partial charge in [-0.3, -0.25) is 0 Å². The molecule has 0 radical (unpaired) electrons. The monoisotopic (exact) mass is 154 g/mol. The lowest BCUT2D eigenvalue weighted by molar-refractivity contribution is -0.465. The Kier molecular flexibility index (Phi) is 1.14. The third-order valence-corrected chi connectivity index (χ3v) is 2.24. The van der Waals surface area contributed by atoms with Crippen molar-refractivity contribution in [2.75, 3.05) is 6.67 Å². The molecule has 0 aliphatic carbocycles. The molecule has 2 rings (SSSR count). The third-order valence-electron chi connectivity index (χ3n) is 1.31. The highest BCUT2D eigenvalue weighted by atomic mass is 31.0. The fourth-order valence-electron chi connectivity index (χ4n) is 0.864. The van der Waals surface area contributed by atoms with Crippen LogP contribution in [0.1, 0.15) is 5.30 Å². The van der Waals surface area contributed by atoms with Crippen molar-refractivity contribution in [3.8, 4) is 0 Å². The van der Waals surface area contributed by atoms with E-state index in [9.17, 15) is 4.91 Å². The number of fused-ring (bicyclic) bond motifs is 1. The number of nitroso groups, excluding NO2 is 1. The highest BCUT2D eigenvalue weighted by Gasteiger charge is 2.22. The van der Waals surface area contributed by atoms with Gasteiger partial charge in [-0.1, -0.05) is 13.1 Å². The Labute approximate surface area is 58.7 Å². The lowest BCUT2D eigenvalue weighted by Gasteiger charge is -1.94. The molecule has 4 nitrogen and oxygen atoms in total. The summed E-state index contributed by atoms with van der Waals surface area (Å²) in [5.41, 5.74) is 0. The Morgan fingerprint density at radius 2 is 2.60 bits per heavy atom. The lowest BCUT2D eigenvalue weighted by atomic mass is 10.5. The minimum Gasteiger partial charge on any atom is -0.245 e. The van der Waals surface area contributed by atoms with Crippen molar-refractivity contribution >= 4 is 20.2 Å². The van der Waals surface area contributed by atoms with E-state index < -0.39 is 0 Å². The maximum absolute atomic E-state index is 10.9. The lowest BCUT2D eigenvalue weighted by Crippen LogP contribution is -2.07. The number of hydrogen-bond acceptors (Lipinski definition) is 3. The van der Waals surface area contributed by atoms with Gasteiger partial charge in [0, 0.05) is 11.0 Å². The van der Waals surface area contributed by atoms with Crippen LogP contribution in [-0.2, 0) is 0 Å². The molecule has 1 aliphatic rings. The van der Waals surface area contributed by atoms with Crippen molar-refractivity contribution in [1.29, 1.82) is 0 Å². The van der Waals surface area contributed by atoms with Crippen LogP contribution in [0.25, 0.3) is 0 Å². The minimum absolute atomic E-state index is 0.195. The van der Waals surface area contributed by atoms with E-state index in [2.05, 4.69) is 9.98 Å². The fourth-order valence-corrected chi connectivity index (χ4v) is 1.67. The van der Waals surface area contributed by atoms with Crippen LogP contribution in [-0.4, -0.2) is 22.6 Å². The van der Waals surface area contributed by atoms with E-state index in [0.717, 1.165) is 10.1 Å². The summed E-state index contributed by atoms with van der Waals surface area (Å²) < 4.78 is 0.811. The zero-order valence-corrected chi connectivity index (χ0v) is 6.11. The topological polar surface area (TPSA) is 45.3 Å². The second kappa shape index (κ2) is 1.99. The Hall–Kier alpha value is -1.02. The summed E-state index contributed by atoms with van der Waals surface area (Å²) in [7, 11) is 0.521. The highest BCUT2D eigenvalue weighted by Crippen LogP contribution is 2.24. The van der Waals surface area contributed by atoms with Gasteiger partial charge in [0.05, 0.1) is 0 Å². The number of rotatable bonds is 0. The Bertz CT molecular complexity index is 304. The molecule has 50 valence electrons. The van der Waals surface area contributed by atoms with Crippen LogP contribution in [0.5, 0.6) is 0 Å². The van der Waals surface area contributed by atoms with E-state index in [1.807, 2.05) is 0 Å². The minimum atomic E-state index is 0.195. The number of aromatic nitrogens is 1. The Balaban J connectivity index is 2.62. The van der Waals surface area contributed by atoms with E-state index in [0.29, 0.717) is 14.0 Å². The SMILES string of the molecule is O=[N+]1CN=Cc2[pH]cnc21. The molecule has 0 aromatic carbocycles. The summed E-state index contributed by atoms with van der Waals surface area (Å²) in [4.78, 5) is 18.7. The van der Waals surface area contributed by atoms with Crippen molar-refractivity contribution in [2.24, 2.45) is 4.99 Å². The van der Waals surface area contributed by atoms with E-state index in [1.54, 1.807) is 12.1 Å². The molecule has 0 amide bonds. The number of aliphatic imine (C=N–C) groups is 1. The molecule has 5 heteroatoms. The molecule has 1 aromatic heterocycles. The van der Waals surface area contributed by atoms with Gasteiger partial charge in [0.25, 0.3) is 0 Å². The van der Waals surface area contributed by atoms with Crippen molar-refractivity contribution in [2.45, 2.75) is 0 Å². The van der Waals surface area contributed by atoms with Gasteiger partial charge in [0.15, 0.2) is 5.93 Å². The number of nitrogens with zero attached hydrogens (tertiary/aromatic N) is 3. The summed E-state index contributed by atoms with van der Waals surface area (Å²) in [5, 5.41) is 0.959. The molecule has 1 atom stereocenters. The molecule has 0 saturated heterocycles. The molecule has 0 spiro atoms. The second-order valence-corrected chi connectivity index (χ2v) is 3.06. The molecule has 1 aromatic rings. The van der Waals surface area contributed by atoms with Crippen LogP contribution in [0.15, 0.2) is 10.9 Å². The molecule has 0 saturated carbocycles. The smallest absolute Gasteiger partial charge is 0.245 e. The van der Waals surface area contributed by atoms with Crippen LogP contribution in [0.3, 0.4) is 0 Å². The average Bonchev–Trinajstić information content (AvgIpc) is 2.36. The zero-order valence-electron chi connectivity index (χ0n) is 5.11. The van der Waals surface area contributed by atoms with E-state index in [1.165, 1.54) is 0 Å². The van der Waals surface area contributed by atoms with Gasteiger partial charge < -0.3 is 0 Å². The maximum atomic E-state index is 10.9. The van der Waals surface area contributed by atoms with E-state index in [4.69, 9.17) is 0 Å². The van der Waals surface area contributed by atoms with Gasteiger partial charge >= 0.3 is 5.82 Å². The van der Waals surface area contributed by atoms with Crippen molar-refractivity contribution in [1.82, 2.24) is 4.98 Å². The van der Waals surface area contributed by atoms with Crippen molar-refractivity contribution in [3.63, 3.8) is 0 Å². The Morgan fingerprint density at radius 3 is 3.40 bits per heavy atom. The van der Waals surface area contributed by atoms with Crippen LogP contribution >= 0.6 is 8.19 Å². The van der Waals surface area contributed by atoms with Crippen molar-refractivity contribution in [3.05, 3.63) is 16.1 Å². The van der Waals surface area contributed by atoms with Gasteiger partial charge in [-0.2, -0.15) is 0 Å². The Morgan fingerprint density at radius 1 is 1.70 bits per heavy atom. The molecule has 1 aliphatic heterocycles. The van der Waals surface area contributed by atoms with Crippen LogP contribution in [0.4, 0.5) is 5.82 Å². The molecule has 0 fully saturated rings. The van der Waals surface area contributed by atoms with Gasteiger partial charge in [-0.15, -0.1) is 0 Å². The molecular formula is C5H5N3OP+. The van der Waals surface area contributed by atoms with Crippen LogP contribution in [0, 0.1) is 4.91 Å². The standard InChI is InChI=1S/C5H5N3OP/c9-8-2-6-1-4-5(8)7-3-10-4/h1,3,10H,2H2/q+1.